The molecule has 2 amide bonds. The Morgan fingerprint density at radius 1 is 1.00 bits per heavy atom. The summed E-state index contributed by atoms with van der Waals surface area (Å²) in [5.41, 5.74) is 3.86. The Balaban J connectivity index is 1.97. The molecular weight excluding hydrogens is 420 g/mol. The predicted molar refractivity (Wildman–Crippen MR) is 133 cm³/mol. The molecule has 0 unspecified atom stereocenters. The lowest BCUT2D eigenvalue weighted by molar-refractivity contribution is -0.123. The second kappa shape index (κ2) is 12.7. The number of thioether (sulfide) groups is 1. The number of nitrogens with one attached hydrogen (secondary N) is 2. The Labute approximate surface area is 196 Å². The van der Waals surface area contributed by atoms with Crippen LogP contribution in [0, 0.1) is 0 Å². The fourth-order valence-electron chi connectivity index (χ4n) is 3.15. The fraction of sp³-hybridized carbons (Fsp3) is 0.462. The maximum atomic E-state index is 12.8. The highest BCUT2D eigenvalue weighted by molar-refractivity contribution is 7.98. The van der Waals surface area contributed by atoms with Gasteiger partial charge in [-0.15, -0.1) is 0 Å². The first kappa shape index (κ1) is 25.9. The van der Waals surface area contributed by atoms with Gasteiger partial charge in [-0.1, -0.05) is 57.2 Å². The van der Waals surface area contributed by atoms with Gasteiger partial charge in [-0.2, -0.15) is 11.8 Å². The highest BCUT2D eigenvalue weighted by Gasteiger charge is 2.21. The number of hydrogen-bond acceptors (Lipinski definition) is 4. The van der Waals surface area contributed by atoms with Crippen molar-refractivity contribution in [3.63, 3.8) is 0 Å². The molecule has 0 aromatic heterocycles. The Morgan fingerprint density at radius 3 is 2.19 bits per heavy atom. The Kier molecular flexibility index (Phi) is 10.3. The van der Waals surface area contributed by atoms with Gasteiger partial charge in [0.1, 0.15) is 6.04 Å². The van der Waals surface area contributed by atoms with Crippen LogP contribution in [0.1, 0.15) is 61.2 Å². The van der Waals surface area contributed by atoms with E-state index in [1.165, 1.54) is 0 Å². The zero-order chi connectivity index (χ0) is 23.6. The number of ether oxygens (including phenoxy) is 1. The SMILES string of the molecule is CCOCc1ccc(CNC(=O)[C@@H](CCSC)NC(=O)c2ccc(C(C)(C)C)cc2)cc1. The van der Waals surface area contributed by atoms with Crippen LogP contribution in [0.15, 0.2) is 48.5 Å². The minimum absolute atomic E-state index is 0.0248. The van der Waals surface area contributed by atoms with Crippen LogP contribution in [0.5, 0.6) is 0 Å². The smallest absolute Gasteiger partial charge is 0.251 e. The zero-order valence-corrected chi connectivity index (χ0v) is 20.7. The lowest BCUT2D eigenvalue weighted by atomic mass is 9.86. The maximum Gasteiger partial charge on any atom is 0.251 e. The average Bonchev–Trinajstić information content (AvgIpc) is 2.78. The van der Waals surface area contributed by atoms with E-state index in [9.17, 15) is 9.59 Å². The Hall–Kier alpha value is -2.31. The minimum Gasteiger partial charge on any atom is -0.377 e. The van der Waals surface area contributed by atoms with Gasteiger partial charge in [-0.3, -0.25) is 9.59 Å². The highest BCUT2D eigenvalue weighted by Crippen LogP contribution is 2.22. The molecule has 2 aromatic rings. The molecule has 6 heteroatoms. The molecular formula is C26H36N2O3S. The van der Waals surface area contributed by atoms with Crippen molar-refractivity contribution in [3.8, 4) is 0 Å². The molecule has 0 aliphatic heterocycles. The molecule has 0 aliphatic rings. The molecule has 0 saturated heterocycles. The summed E-state index contributed by atoms with van der Waals surface area (Å²) in [4.78, 5) is 25.6. The molecule has 0 heterocycles. The van der Waals surface area contributed by atoms with E-state index >= 15 is 0 Å². The topological polar surface area (TPSA) is 67.4 Å². The van der Waals surface area contributed by atoms with Crippen molar-refractivity contribution >= 4 is 23.6 Å². The van der Waals surface area contributed by atoms with Gasteiger partial charge in [0.15, 0.2) is 0 Å². The van der Waals surface area contributed by atoms with E-state index in [2.05, 4.69) is 31.4 Å². The van der Waals surface area contributed by atoms with Crippen LogP contribution in [0.2, 0.25) is 0 Å². The van der Waals surface area contributed by atoms with Crippen molar-refractivity contribution in [2.75, 3.05) is 18.6 Å². The van der Waals surface area contributed by atoms with E-state index in [1.807, 2.05) is 61.7 Å². The van der Waals surface area contributed by atoms with Gasteiger partial charge in [0.05, 0.1) is 6.61 Å². The van der Waals surface area contributed by atoms with E-state index in [-0.39, 0.29) is 17.2 Å². The molecule has 0 bridgehead atoms. The molecule has 5 nitrogen and oxygen atoms in total. The lowest BCUT2D eigenvalue weighted by Crippen LogP contribution is -2.46. The van der Waals surface area contributed by atoms with Crippen molar-refractivity contribution < 1.29 is 14.3 Å². The monoisotopic (exact) mass is 456 g/mol. The third-order valence-electron chi connectivity index (χ3n) is 5.21. The number of amides is 2. The predicted octanol–water partition coefficient (Wildman–Crippen LogP) is 4.69. The molecule has 0 spiro atoms. The minimum atomic E-state index is -0.575. The van der Waals surface area contributed by atoms with Gasteiger partial charge in [0.2, 0.25) is 5.91 Å². The highest BCUT2D eigenvalue weighted by atomic mass is 32.2. The number of hydrogen-bond donors (Lipinski definition) is 2. The van der Waals surface area contributed by atoms with Crippen LogP contribution >= 0.6 is 11.8 Å². The second-order valence-electron chi connectivity index (χ2n) is 8.81. The normalized spacial score (nSPS) is 12.3. The standard InChI is InChI=1S/C26H36N2O3S/c1-6-31-18-20-9-7-19(8-10-20)17-27-25(30)23(15-16-32-5)28-24(29)21-11-13-22(14-12-21)26(2,3)4/h7-14,23H,6,15-18H2,1-5H3,(H,27,30)(H,28,29)/t23-/m1/s1. The molecule has 2 rings (SSSR count). The summed E-state index contributed by atoms with van der Waals surface area (Å²) >= 11 is 1.65. The van der Waals surface area contributed by atoms with E-state index in [4.69, 9.17) is 4.74 Å². The Morgan fingerprint density at radius 2 is 1.62 bits per heavy atom. The summed E-state index contributed by atoms with van der Waals surface area (Å²) in [6.45, 7) is 10.1. The van der Waals surface area contributed by atoms with E-state index in [1.54, 1.807) is 11.8 Å². The molecule has 174 valence electrons. The first-order valence-corrected chi connectivity index (χ1v) is 12.5. The van der Waals surface area contributed by atoms with Crippen molar-refractivity contribution in [2.45, 2.75) is 58.7 Å². The van der Waals surface area contributed by atoms with E-state index in [0.717, 1.165) is 22.4 Å². The third kappa shape index (κ3) is 8.32. The van der Waals surface area contributed by atoms with Crippen molar-refractivity contribution in [1.29, 1.82) is 0 Å². The Bertz CT molecular complexity index is 858. The summed E-state index contributed by atoms with van der Waals surface area (Å²) in [5.74, 6) is 0.386. The largest absolute Gasteiger partial charge is 0.377 e. The molecule has 32 heavy (non-hydrogen) atoms. The molecule has 2 N–H and O–H groups in total. The van der Waals surface area contributed by atoms with Gasteiger partial charge in [0, 0.05) is 18.7 Å². The van der Waals surface area contributed by atoms with Crippen LogP contribution < -0.4 is 10.6 Å². The molecule has 0 fully saturated rings. The van der Waals surface area contributed by atoms with Crippen molar-refractivity contribution in [3.05, 3.63) is 70.8 Å². The van der Waals surface area contributed by atoms with Gasteiger partial charge in [-0.25, -0.2) is 0 Å². The fourth-order valence-corrected chi connectivity index (χ4v) is 3.62. The average molecular weight is 457 g/mol. The summed E-state index contributed by atoms with van der Waals surface area (Å²) in [6.07, 6.45) is 2.57. The van der Waals surface area contributed by atoms with Crippen molar-refractivity contribution in [2.24, 2.45) is 0 Å². The van der Waals surface area contributed by atoms with Crippen LogP contribution in [-0.2, 0) is 28.1 Å². The number of benzene rings is 2. The summed E-state index contributed by atoms with van der Waals surface area (Å²) in [6, 6.07) is 15.0. The van der Waals surface area contributed by atoms with Crippen molar-refractivity contribution in [1.82, 2.24) is 10.6 Å². The summed E-state index contributed by atoms with van der Waals surface area (Å²) < 4.78 is 5.41. The first-order valence-electron chi connectivity index (χ1n) is 11.1. The zero-order valence-electron chi connectivity index (χ0n) is 19.9. The van der Waals surface area contributed by atoms with E-state index in [0.29, 0.717) is 31.7 Å². The summed E-state index contributed by atoms with van der Waals surface area (Å²) in [7, 11) is 0. The molecule has 2 aromatic carbocycles. The van der Waals surface area contributed by atoms with Gasteiger partial charge >= 0.3 is 0 Å². The summed E-state index contributed by atoms with van der Waals surface area (Å²) in [5, 5.41) is 5.88. The maximum absolute atomic E-state index is 12.8. The first-order chi connectivity index (χ1) is 15.2. The molecule has 0 aliphatic carbocycles. The molecule has 0 saturated carbocycles. The van der Waals surface area contributed by atoms with Crippen LogP contribution in [-0.4, -0.2) is 36.5 Å². The van der Waals surface area contributed by atoms with Gasteiger partial charge in [-0.05, 0) is 59.6 Å². The number of carbonyl (C=O) groups is 2. The van der Waals surface area contributed by atoms with Gasteiger partial charge < -0.3 is 15.4 Å². The number of rotatable bonds is 11. The van der Waals surface area contributed by atoms with Gasteiger partial charge in [0.25, 0.3) is 5.91 Å². The molecule has 0 radical (unpaired) electrons. The van der Waals surface area contributed by atoms with Crippen LogP contribution in [0.3, 0.4) is 0 Å². The lowest BCUT2D eigenvalue weighted by Gasteiger charge is -2.20. The van der Waals surface area contributed by atoms with Crippen LogP contribution in [0.25, 0.3) is 0 Å². The third-order valence-corrected chi connectivity index (χ3v) is 5.85. The van der Waals surface area contributed by atoms with Crippen LogP contribution in [0.4, 0.5) is 0 Å². The second-order valence-corrected chi connectivity index (χ2v) is 9.79. The number of carbonyl (C=O) groups excluding carboxylic acids is 2. The molecule has 1 atom stereocenters. The van der Waals surface area contributed by atoms with E-state index < -0.39 is 6.04 Å². The quantitative estimate of drug-likeness (QED) is 0.515.